The average Bonchev–Trinajstić information content (AvgIpc) is 2.28. The van der Waals surface area contributed by atoms with Crippen LogP contribution in [0.1, 0.15) is 20.8 Å². The van der Waals surface area contributed by atoms with E-state index in [9.17, 15) is 14.5 Å². The van der Waals surface area contributed by atoms with Crippen LogP contribution in [0.3, 0.4) is 0 Å². The lowest BCUT2D eigenvalue weighted by Crippen LogP contribution is -2.51. The fourth-order valence-corrected chi connectivity index (χ4v) is 3.45. The van der Waals surface area contributed by atoms with Crippen LogP contribution in [0.25, 0.3) is 0 Å². The first-order valence-corrected chi connectivity index (χ1v) is 8.27. The topological polar surface area (TPSA) is 75.6 Å². The first-order valence-electron chi connectivity index (χ1n) is 5.74. The third kappa shape index (κ3) is 4.23. The van der Waals surface area contributed by atoms with Crippen molar-refractivity contribution < 1.29 is 19.0 Å². The number of carboxylic acids is 1. The van der Waals surface area contributed by atoms with Crippen LogP contribution in [-0.2, 0) is 9.36 Å². The van der Waals surface area contributed by atoms with Crippen LogP contribution in [-0.4, -0.2) is 16.6 Å². The Kier molecular flexibility index (Phi) is 5.02. The molecule has 0 aliphatic carbocycles. The molecule has 0 heterocycles. The zero-order valence-electron chi connectivity index (χ0n) is 11.0. The van der Waals surface area contributed by atoms with E-state index in [0.29, 0.717) is 5.75 Å². The van der Waals surface area contributed by atoms with Crippen LogP contribution < -0.4 is 9.61 Å². The van der Waals surface area contributed by atoms with Gasteiger partial charge in [0.2, 0.25) is 0 Å². The number of para-hydroxylation sites is 1. The Morgan fingerprint density at radius 3 is 2.37 bits per heavy atom. The molecule has 0 radical (unpaired) electrons. The number of hydrogen-bond donors (Lipinski definition) is 2. The minimum absolute atomic E-state index is 0.310. The Morgan fingerprint density at radius 2 is 1.95 bits per heavy atom. The molecule has 0 spiro atoms. The third-order valence-electron chi connectivity index (χ3n) is 2.93. The molecule has 0 fully saturated rings. The van der Waals surface area contributed by atoms with E-state index >= 15 is 0 Å². The molecule has 0 aliphatic heterocycles. The summed E-state index contributed by atoms with van der Waals surface area (Å²) in [6, 6.07) is 8.35. The monoisotopic (exact) mass is 305 g/mol. The molecule has 2 atom stereocenters. The van der Waals surface area contributed by atoms with Crippen LogP contribution in [0.4, 0.5) is 0 Å². The molecular weight excluding hydrogens is 289 g/mol. The van der Waals surface area contributed by atoms with E-state index in [1.165, 1.54) is 6.92 Å². The summed E-state index contributed by atoms with van der Waals surface area (Å²) in [6.45, 7) is 1.01. The molecule has 7 heteroatoms. The zero-order chi connectivity index (χ0) is 14.7. The number of carboxylic acid groups (broad SMARTS) is 1. The van der Waals surface area contributed by atoms with Crippen molar-refractivity contribution in [3.63, 3.8) is 0 Å². The summed E-state index contributed by atoms with van der Waals surface area (Å²) >= 11 is 5.80. The van der Waals surface area contributed by atoms with Crippen molar-refractivity contribution in [2.75, 3.05) is 0 Å². The lowest BCUT2D eigenvalue weighted by Gasteiger charge is -2.31. The first-order chi connectivity index (χ1) is 8.67. The highest BCUT2D eigenvalue weighted by Gasteiger charge is 2.43. The van der Waals surface area contributed by atoms with Gasteiger partial charge in [-0.25, -0.2) is 9.65 Å². The summed E-state index contributed by atoms with van der Waals surface area (Å²) in [5.41, 5.74) is -1.44. The molecule has 2 N–H and O–H groups in total. The quantitative estimate of drug-likeness (QED) is 0.787. The van der Waals surface area contributed by atoms with Gasteiger partial charge in [-0.1, -0.05) is 32.0 Å². The summed E-state index contributed by atoms with van der Waals surface area (Å²) in [5, 5.41) is 11.7. The predicted molar refractivity (Wildman–Crippen MR) is 74.5 cm³/mol. The van der Waals surface area contributed by atoms with Crippen LogP contribution >= 0.6 is 18.1 Å². The van der Waals surface area contributed by atoms with Gasteiger partial charge in [-0.2, -0.15) is 0 Å². The van der Waals surface area contributed by atoms with Crippen LogP contribution in [0.2, 0.25) is 0 Å². The maximum Gasteiger partial charge on any atom is 0.410 e. The highest BCUT2D eigenvalue weighted by Crippen LogP contribution is 2.50. The van der Waals surface area contributed by atoms with E-state index in [1.54, 1.807) is 44.2 Å². The second kappa shape index (κ2) is 5.95. The van der Waals surface area contributed by atoms with Gasteiger partial charge in [-0.3, -0.25) is 4.79 Å². The lowest BCUT2D eigenvalue weighted by molar-refractivity contribution is -0.145. The van der Waals surface area contributed by atoms with Crippen molar-refractivity contribution in [2.24, 2.45) is 5.92 Å². The summed E-state index contributed by atoms with van der Waals surface area (Å²) in [6.07, 6.45) is 0. The number of hydrogen-bond acceptors (Lipinski definition) is 3. The van der Waals surface area contributed by atoms with Crippen molar-refractivity contribution in [3.05, 3.63) is 30.3 Å². The number of rotatable bonds is 6. The Morgan fingerprint density at radius 1 is 1.42 bits per heavy atom. The van der Waals surface area contributed by atoms with E-state index in [0.717, 1.165) is 0 Å². The number of aliphatic carboxylic acids is 1. The molecule has 0 aliphatic rings. The van der Waals surface area contributed by atoms with E-state index in [2.05, 4.69) is 5.09 Å². The van der Waals surface area contributed by atoms with Gasteiger partial charge in [0.25, 0.3) is 0 Å². The van der Waals surface area contributed by atoms with Crippen molar-refractivity contribution in [3.8, 4) is 5.75 Å². The first kappa shape index (κ1) is 16.0. The molecule has 0 bridgehead atoms. The zero-order valence-corrected chi connectivity index (χ0v) is 12.6. The smallest absolute Gasteiger partial charge is 0.410 e. The van der Waals surface area contributed by atoms with Crippen LogP contribution in [0.5, 0.6) is 5.75 Å². The molecule has 1 aromatic carbocycles. The lowest BCUT2D eigenvalue weighted by atomic mass is 9.90. The highest BCUT2D eigenvalue weighted by molar-refractivity contribution is 7.84. The van der Waals surface area contributed by atoms with Crippen LogP contribution in [0, 0.1) is 5.92 Å². The largest absolute Gasteiger partial charge is 0.480 e. The minimum atomic E-state index is -3.80. The van der Waals surface area contributed by atoms with Gasteiger partial charge < -0.3 is 9.63 Å². The SMILES string of the molecule is CC(C)C(C)(NP(=O)(Cl)Oc1ccccc1)C(=O)O. The van der Waals surface area contributed by atoms with Crippen LogP contribution in [0.15, 0.2) is 30.3 Å². The summed E-state index contributed by atoms with van der Waals surface area (Å²) in [7, 11) is 0. The molecule has 1 aromatic rings. The molecule has 19 heavy (non-hydrogen) atoms. The average molecular weight is 306 g/mol. The van der Waals surface area contributed by atoms with Gasteiger partial charge in [0.05, 0.1) is 0 Å². The predicted octanol–water partition coefficient (Wildman–Crippen LogP) is 3.50. The normalized spacial score (nSPS) is 17.5. The van der Waals surface area contributed by atoms with E-state index in [4.69, 9.17) is 15.8 Å². The Labute approximate surface area is 117 Å². The summed E-state index contributed by atoms with van der Waals surface area (Å²) in [5.74, 6) is -1.15. The van der Waals surface area contributed by atoms with Gasteiger partial charge in [-0.15, -0.1) is 0 Å². The second-order valence-corrected chi connectivity index (χ2v) is 7.36. The van der Waals surface area contributed by atoms with Gasteiger partial charge in [-0.05, 0) is 25.0 Å². The van der Waals surface area contributed by atoms with Crippen molar-refractivity contribution >= 4 is 24.1 Å². The van der Waals surface area contributed by atoms with Gasteiger partial charge in [0.1, 0.15) is 11.3 Å². The number of benzene rings is 1. The summed E-state index contributed by atoms with van der Waals surface area (Å²) < 4.78 is 17.3. The number of carbonyl (C=O) groups is 1. The van der Waals surface area contributed by atoms with E-state index < -0.39 is 18.4 Å². The molecular formula is C12H17ClNO4P. The fraction of sp³-hybridized carbons (Fsp3) is 0.417. The van der Waals surface area contributed by atoms with Crippen molar-refractivity contribution in [1.82, 2.24) is 5.09 Å². The van der Waals surface area contributed by atoms with Gasteiger partial charge in [0, 0.05) is 11.2 Å². The maximum atomic E-state index is 12.2. The molecule has 106 valence electrons. The standard InChI is InChI=1S/C12H17ClNO4P/c1-9(2)12(3,11(15)16)14-19(13,17)18-10-7-5-4-6-8-10/h4-9H,1-3H3,(H,14,17)(H,15,16). The van der Waals surface area contributed by atoms with Crippen molar-refractivity contribution in [1.29, 1.82) is 0 Å². The van der Waals surface area contributed by atoms with E-state index in [1.807, 2.05) is 0 Å². The summed E-state index contributed by atoms with van der Waals surface area (Å²) in [4.78, 5) is 11.3. The molecule has 5 nitrogen and oxygen atoms in total. The molecule has 0 amide bonds. The molecule has 0 saturated heterocycles. The maximum absolute atomic E-state index is 12.2. The molecule has 2 unspecified atom stereocenters. The molecule has 0 aromatic heterocycles. The number of halogens is 1. The Hall–Kier alpha value is -1.03. The molecule has 1 rings (SSSR count). The van der Waals surface area contributed by atoms with Crippen molar-refractivity contribution in [2.45, 2.75) is 26.3 Å². The van der Waals surface area contributed by atoms with E-state index in [-0.39, 0.29) is 5.92 Å². The molecule has 0 saturated carbocycles. The highest BCUT2D eigenvalue weighted by atomic mass is 35.7. The Bertz CT molecular complexity index is 494. The third-order valence-corrected chi connectivity index (χ3v) is 4.57. The van der Waals surface area contributed by atoms with Gasteiger partial charge >= 0.3 is 12.8 Å². The fourth-order valence-electron chi connectivity index (χ4n) is 1.34. The van der Waals surface area contributed by atoms with Gasteiger partial charge in [0.15, 0.2) is 0 Å². The number of nitrogens with one attached hydrogen (secondary N) is 1. The second-order valence-electron chi connectivity index (χ2n) is 4.66. The minimum Gasteiger partial charge on any atom is -0.480 e. The Balaban J connectivity index is 2.90.